The zero-order valence-corrected chi connectivity index (χ0v) is 12.8. The quantitative estimate of drug-likeness (QED) is 0.661. The molecule has 2 rings (SSSR count). The highest BCUT2D eigenvalue weighted by Crippen LogP contribution is 2.66. The van der Waals surface area contributed by atoms with Gasteiger partial charge in [0.1, 0.15) is 0 Å². The molecule has 0 aromatic carbocycles. The third-order valence-electron chi connectivity index (χ3n) is 4.37. The van der Waals surface area contributed by atoms with Crippen LogP contribution in [0.2, 0.25) is 0 Å². The normalized spacial score (nSPS) is 51.6. The van der Waals surface area contributed by atoms with Crippen molar-refractivity contribution in [3.63, 3.8) is 0 Å². The summed E-state index contributed by atoms with van der Waals surface area (Å²) in [4.78, 5) is 12.3. The molecule has 4 heteroatoms. The van der Waals surface area contributed by atoms with Crippen LogP contribution in [0.15, 0.2) is 0 Å². The van der Waals surface area contributed by atoms with E-state index in [2.05, 4.69) is 54.7 Å². The van der Waals surface area contributed by atoms with Crippen molar-refractivity contribution < 1.29 is 4.79 Å². The predicted octanol–water partition coefficient (Wildman–Crippen LogP) is 3.53. The van der Waals surface area contributed by atoms with Gasteiger partial charge in [-0.15, -0.1) is 0 Å². The number of carbonyl (C=O) groups is 1. The zero-order valence-electron chi connectivity index (χ0n) is 8.03. The lowest BCUT2D eigenvalue weighted by molar-refractivity contribution is -0.127. The molecule has 0 radical (unpaired) electrons. The Morgan fingerprint density at radius 1 is 1.43 bits per heavy atom. The molecule has 0 amide bonds. The van der Waals surface area contributed by atoms with Crippen LogP contribution in [0.3, 0.4) is 0 Å². The maximum absolute atomic E-state index is 12.2. The largest absolute Gasteiger partial charge is 0.298 e. The second kappa shape index (κ2) is 3.56. The Balaban J connectivity index is 2.50. The van der Waals surface area contributed by atoms with Gasteiger partial charge in [-0.3, -0.25) is 4.79 Å². The van der Waals surface area contributed by atoms with Crippen LogP contribution in [0.4, 0.5) is 0 Å². The molecule has 2 aliphatic carbocycles. The Hall–Kier alpha value is 1.11. The molecule has 0 heterocycles. The number of hydrogen-bond donors (Lipinski definition) is 0. The fourth-order valence-corrected chi connectivity index (χ4v) is 6.63. The van der Waals surface area contributed by atoms with Crippen molar-refractivity contribution in [1.82, 2.24) is 0 Å². The van der Waals surface area contributed by atoms with Crippen LogP contribution in [0, 0.1) is 16.7 Å². The lowest BCUT2D eigenvalue weighted by Crippen LogP contribution is -2.41. The van der Waals surface area contributed by atoms with Gasteiger partial charge in [-0.25, -0.2) is 0 Å². The highest BCUT2D eigenvalue weighted by molar-refractivity contribution is 9.10. The average molecular weight is 389 g/mol. The number of rotatable bonds is 2. The second-order valence-electron chi connectivity index (χ2n) is 4.68. The van der Waals surface area contributed by atoms with Gasteiger partial charge in [0.2, 0.25) is 0 Å². The van der Waals surface area contributed by atoms with E-state index in [-0.39, 0.29) is 15.7 Å². The van der Waals surface area contributed by atoms with E-state index in [0.29, 0.717) is 11.7 Å². The molecule has 2 bridgehead atoms. The summed E-state index contributed by atoms with van der Waals surface area (Å²) >= 11 is 10.7. The maximum Gasteiger partial charge on any atom is 0.154 e. The molecule has 80 valence electrons. The summed E-state index contributed by atoms with van der Waals surface area (Å²) in [6.45, 7) is 2.25. The molecule has 0 saturated heterocycles. The van der Waals surface area contributed by atoms with Crippen LogP contribution in [0.25, 0.3) is 0 Å². The van der Waals surface area contributed by atoms with Crippen molar-refractivity contribution in [3.8, 4) is 0 Å². The maximum atomic E-state index is 12.2. The van der Waals surface area contributed by atoms with E-state index >= 15 is 0 Å². The van der Waals surface area contributed by atoms with Crippen molar-refractivity contribution in [1.29, 1.82) is 0 Å². The number of carbonyl (C=O) groups excluding carboxylic acids is 1. The van der Waals surface area contributed by atoms with E-state index in [0.717, 1.165) is 17.1 Å². The van der Waals surface area contributed by atoms with Crippen LogP contribution < -0.4 is 0 Å². The van der Waals surface area contributed by atoms with E-state index < -0.39 is 0 Å². The van der Waals surface area contributed by atoms with Gasteiger partial charge in [-0.2, -0.15) is 0 Å². The van der Waals surface area contributed by atoms with Gasteiger partial charge in [0.15, 0.2) is 5.78 Å². The van der Waals surface area contributed by atoms with Gasteiger partial charge in [0.05, 0.1) is 4.83 Å². The SMILES string of the molecule is C[C@]1(CBr)[C@H]2CC[C@]1(CBr)C(=O)[C@@H]2Br. The van der Waals surface area contributed by atoms with Gasteiger partial charge in [0, 0.05) is 16.1 Å². The number of ketones is 1. The van der Waals surface area contributed by atoms with Crippen molar-refractivity contribution in [2.24, 2.45) is 16.7 Å². The fourth-order valence-electron chi connectivity index (χ4n) is 3.19. The Morgan fingerprint density at radius 3 is 2.50 bits per heavy atom. The molecule has 0 aliphatic heterocycles. The van der Waals surface area contributed by atoms with E-state index in [4.69, 9.17) is 0 Å². The molecule has 1 nitrogen and oxygen atoms in total. The molecule has 0 aromatic heterocycles. The molecule has 0 spiro atoms. The van der Waals surface area contributed by atoms with Crippen LogP contribution in [0.5, 0.6) is 0 Å². The summed E-state index contributed by atoms with van der Waals surface area (Å²) in [6, 6.07) is 0. The molecular formula is C10H13Br3O. The van der Waals surface area contributed by atoms with Gasteiger partial charge in [-0.05, 0) is 24.2 Å². The number of hydrogen-bond acceptors (Lipinski definition) is 1. The first kappa shape index (κ1) is 11.6. The zero-order chi connectivity index (χ0) is 10.6. The molecular weight excluding hydrogens is 376 g/mol. The Bertz CT molecular complexity index is 281. The average Bonchev–Trinajstić information content (AvgIpc) is 2.57. The number of alkyl halides is 3. The highest BCUT2D eigenvalue weighted by atomic mass is 79.9. The van der Waals surface area contributed by atoms with Crippen LogP contribution >= 0.6 is 47.8 Å². The van der Waals surface area contributed by atoms with E-state index in [1.807, 2.05) is 0 Å². The first-order chi connectivity index (χ1) is 6.53. The van der Waals surface area contributed by atoms with Crippen LogP contribution in [0.1, 0.15) is 19.8 Å². The van der Waals surface area contributed by atoms with Crippen LogP contribution in [-0.2, 0) is 4.79 Å². The van der Waals surface area contributed by atoms with E-state index in [1.54, 1.807) is 0 Å². The standard InChI is InChI=1S/C10H13Br3O/c1-9(4-11)6-2-3-10(9,5-12)8(14)7(6)13/h6-7H,2-5H2,1H3/t6-,7+,9-,10-/m0/s1. The fraction of sp³-hybridized carbons (Fsp3) is 0.900. The van der Waals surface area contributed by atoms with E-state index in [1.165, 1.54) is 6.42 Å². The number of fused-ring (bicyclic) bond motifs is 2. The Kier molecular flexibility index (Phi) is 2.95. The summed E-state index contributed by atoms with van der Waals surface area (Å²) < 4.78 is 0. The lowest BCUT2D eigenvalue weighted by Gasteiger charge is -2.36. The van der Waals surface area contributed by atoms with Gasteiger partial charge in [-0.1, -0.05) is 54.7 Å². The highest BCUT2D eigenvalue weighted by Gasteiger charge is 2.68. The van der Waals surface area contributed by atoms with Crippen molar-refractivity contribution in [3.05, 3.63) is 0 Å². The molecule has 0 aromatic rings. The molecule has 2 saturated carbocycles. The van der Waals surface area contributed by atoms with Crippen molar-refractivity contribution in [2.75, 3.05) is 10.7 Å². The third-order valence-corrected chi connectivity index (χ3v) is 7.55. The minimum Gasteiger partial charge on any atom is -0.298 e. The summed E-state index contributed by atoms with van der Waals surface area (Å²) in [5.41, 5.74) is -0.00289. The molecule has 14 heavy (non-hydrogen) atoms. The minimum atomic E-state index is -0.130. The lowest BCUT2D eigenvalue weighted by atomic mass is 9.70. The van der Waals surface area contributed by atoms with Gasteiger partial charge < -0.3 is 0 Å². The molecule has 0 N–H and O–H groups in total. The molecule has 2 fully saturated rings. The monoisotopic (exact) mass is 386 g/mol. The Labute approximate surface area is 110 Å². The molecule has 4 atom stereocenters. The molecule has 2 aliphatic rings. The summed E-state index contributed by atoms with van der Waals surface area (Å²) in [6.07, 6.45) is 2.22. The number of Topliss-reactive ketones (excluding diaryl/α,β-unsaturated/α-hetero) is 1. The summed E-state index contributed by atoms with van der Waals surface area (Å²) in [7, 11) is 0. The first-order valence-corrected chi connectivity index (χ1v) is 8.00. The smallest absolute Gasteiger partial charge is 0.154 e. The topological polar surface area (TPSA) is 17.1 Å². The number of halogens is 3. The van der Waals surface area contributed by atoms with Crippen molar-refractivity contribution in [2.45, 2.75) is 24.6 Å². The molecule has 0 unspecified atom stereocenters. The minimum absolute atomic E-state index is 0.0800. The third kappa shape index (κ3) is 1.08. The summed E-state index contributed by atoms with van der Waals surface area (Å²) in [5, 5.41) is 1.73. The Morgan fingerprint density at radius 2 is 2.07 bits per heavy atom. The van der Waals surface area contributed by atoms with Crippen LogP contribution in [-0.4, -0.2) is 21.3 Å². The van der Waals surface area contributed by atoms with Crippen molar-refractivity contribution >= 4 is 53.6 Å². The summed E-state index contributed by atoms with van der Waals surface area (Å²) in [5.74, 6) is 0.916. The van der Waals surface area contributed by atoms with Gasteiger partial charge in [0.25, 0.3) is 0 Å². The van der Waals surface area contributed by atoms with E-state index in [9.17, 15) is 4.79 Å². The first-order valence-electron chi connectivity index (χ1n) is 4.84. The van der Waals surface area contributed by atoms with Gasteiger partial charge >= 0.3 is 0 Å². The predicted molar refractivity (Wildman–Crippen MR) is 68.6 cm³/mol. The second-order valence-corrected chi connectivity index (χ2v) is 6.79.